The first-order chi connectivity index (χ1) is 16.7. The molecule has 1 aromatic carbocycles. The van der Waals surface area contributed by atoms with Gasteiger partial charge in [-0.05, 0) is 70.0 Å². The highest BCUT2D eigenvalue weighted by atomic mass is 79.9. The van der Waals surface area contributed by atoms with Gasteiger partial charge >= 0.3 is 5.95 Å². The number of thiol groups is 1. The molecule has 0 unspecified atom stereocenters. The number of aromatic nitrogens is 2. The summed E-state index contributed by atoms with van der Waals surface area (Å²) < 4.78 is 69.5. The van der Waals surface area contributed by atoms with Gasteiger partial charge in [0.05, 0.1) is 23.6 Å². The number of methoxy groups -OCH3 is 2. The third-order valence-electron chi connectivity index (χ3n) is 4.03. The van der Waals surface area contributed by atoms with E-state index in [0.29, 0.717) is 20.1 Å². The molecule has 2 N–H and O–H groups in total. The van der Waals surface area contributed by atoms with Crippen LogP contribution in [-0.4, -0.2) is 38.4 Å². The van der Waals surface area contributed by atoms with Crippen molar-refractivity contribution in [2.75, 3.05) is 26.3 Å². The highest BCUT2D eigenvalue weighted by Gasteiger charge is 2.15. The molecule has 0 aliphatic heterocycles. The minimum absolute atomic E-state index is 0.0851. The highest BCUT2D eigenvalue weighted by Crippen LogP contribution is 2.21. The number of nitrogens with two attached hydrogens (primary N) is 1. The van der Waals surface area contributed by atoms with Gasteiger partial charge in [-0.1, -0.05) is 22.4 Å². The third-order valence-corrected chi connectivity index (χ3v) is 6.04. The Morgan fingerprint density at radius 3 is 1.86 bits per heavy atom. The summed E-state index contributed by atoms with van der Waals surface area (Å²) in [6.45, 7) is 5.12. The molecule has 0 saturated heterocycles. The molecule has 0 atom stereocenters. The van der Waals surface area contributed by atoms with Gasteiger partial charge in [-0.2, -0.15) is 17.0 Å². The van der Waals surface area contributed by atoms with Crippen LogP contribution in [0.2, 0.25) is 0 Å². The van der Waals surface area contributed by atoms with Gasteiger partial charge in [-0.3, -0.25) is 0 Å². The van der Waals surface area contributed by atoms with Crippen molar-refractivity contribution in [2.45, 2.75) is 25.7 Å². The van der Waals surface area contributed by atoms with Gasteiger partial charge in [0.15, 0.2) is 5.75 Å². The second-order valence-electron chi connectivity index (χ2n) is 6.75. The first-order valence-electron chi connectivity index (χ1n) is 9.74. The van der Waals surface area contributed by atoms with E-state index in [-0.39, 0.29) is 16.4 Å². The smallest absolute Gasteiger partial charge is 0.431 e. The summed E-state index contributed by atoms with van der Waals surface area (Å²) in [6, 6.07) is 6.40. The summed E-state index contributed by atoms with van der Waals surface area (Å²) in [7, 11) is -1.56. The summed E-state index contributed by atoms with van der Waals surface area (Å²) in [5.74, 6) is 4.30. The fourth-order valence-corrected chi connectivity index (χ4v) is 4.44. The lowest BCUT2D eigenvalue weighted by molar-refractivity contribution is -0.670. The van der Waals surface area contributed by atoms with Crippen molar-refractivity contribution in [3.05, 3.63) is 74.2 Å². The second kappa shape index (κ2) is 16.0. The van der Waals surface area contributed by atoms with Crippen LogP contribution in [0.15, 0.2) is 50.5 Å². The molecule has 200 valence electrons. The Hall–Kier alpha value is -2.00. The van der Waals surface area contributed by atoms with Gasteiger partial charge in [0.25, 0.3) is 5.95 Å². The minimum atomic E-state index is -4.33. The van der Waals surface area contributed by atoms with Crippen LogP contribution in [0.1, 0.15) is 16.7 Å². The van der Waals surface area contributed by atoms with Crippen molar-refractivity contribution >= 4 is 54.6 Å². The molecule has 0 spiro atoms. The maximum atomic E-state index is 12.9. The first kappa shape index (κ1) is 34.0. The molecule has 0 bridgehead atoms. The third kappa shape index (κ3) is 10.9. The number of pyridine rings is 2. The van der Waals surface area contributed by atoms with Gasteiger partial charge in [0.1, 0.15) is 10.1 Å². The molecule has 8 nitrogen and oxygen atoms in total. The van der Waals surface area contributed by atoms with Crippen LogP contribution in [0.4, 0.5) is 8.78 Å². The second-order valence-corrected chi connectivity index (χ2v) is 9.90. The Bertz CT molecular complexity index is 1240. The van der Waals surface area contributed by atoms with E-state index < -0.39 is 22.0 Å². The molecule has 3 rings (SSSR count). The molecule has 3 aromatic rings. The topological polar surface area (TPSA) is 118 Å². The van der Waals surface area contributed by atoms with Crippen LogP contribution in [-0.2, 0) is 10.1 Å². The molecular weight excluding hydrogens is 648 g/mol. The number of nitrogens with zero attached hydrogens (tertiary/aromatic N) is 2. The number of aryl methyl sites for hydroxylation is 3. The van der Waals surface area contributed by atoms with Crippen LogP contribution in [0.25, 0.3) is 0 Å². The molecule has 0 radical (unpaired) electrons. The molecule has 0 amide bonds. The fourth-order valence-electron chi connectivity index (χ4n) is 2.79. The molecule has 0 saturated carbocycles. The maximum Gasteiger partial charge on any atom is 0.431 e. The Labute approximate surface area is 232 Å². The van der Waals surface area contributed by atoms with Crippen molar-refractivity contribution in [2.24, 2.45) is 0 Å². The van der Waals surface area contributed by atoms with Crippen molar-refractivity contribution in [1.29, 1.82) is 0 Å². The summed E-state index contributed by atoms with van der Waals surface area (Å²) in [6.07, 6.45) is 4.47. The van der Waals surface area contributed by atoms with E-state index >= 15 is 0 Å². The monoisotopic (exact) mass is 673 g/mol. The van der Waals surface area contributed by atoms with Crippen molar-refractivity contribution in [1.82, 2.24) is 4.98 Å². The number of ether oxygens (including phenoxy) is 2. The molecule has 36 heavy (non-hydrogen) atoms. The van der Waals surface area contributed by atoms with Gasteiger partial charge in [-0.25, -0.2) is 19.2 Å². The van der Waals surface area contributed by atoms with Crippen LogP contribution in [0.5, 0.6) is 11.5 Å². The fraction of sp³-hybridized carbons (Fsp3) is 0.273. The van der Waals surface area contributed by atoms with E-state index in [9.17, 15) is 21.8 Å². The normalized spacial score (nSPS) is 10.0. The van der Waals surface area contributed by atoms with E-state index in [4.69, 9.17) is 10.6 Å². The quantitative estimate of drug-likeness (QED) is 0.137. The summed E-state index contributed by atoms with van der Waals surface area (Å²) >= 11 is 9.80. The SMILES string of the molecule is COc1cc(Br)c[n+](N)c1F.COc1cc(Br)cnc1F.CS.Cc1cc(C)c(S(=O)(=O)[O-])c(C)c1. The Morgan fingerprint density at radius 1 is 0.972 bits per heavy atom. The van der Waals surface area contributed by atoms with E-state index in [1.54, 1.807) is 32.2 Å². The number of benzene rings is 1. The molecular formula is C22H27Br2F2N3O5S2. The standard InChI is InChI=1S/C9H12O3S.C6H7BrFN2O.C6H5BrFNO.CH4S/c1-6-4-7(2)9(8(3)5-6)13(10,11)12;1-11-5-2-4(7)3-10(9)6(5)8;1-10-5-2-4(7)3-9-6(5)8;1-2/h4-5H,1-3H3,(H,10,11,12);2-3H,9H2,1H3;2-3H,1H3;2H,1H3/q;+1;;/p-1. The Kier molecular flexibility index (Phi) is 15.1. The van der Waals surface area contributed by atoms with E-state index in [1.165, 1.54) is 38.7 Å². The maximum absolute atomic E-state index is 12.9. The van der Waals surface area contributed by atoms with Crippen molar-refractivity contribution < 1.29 is 35.9 Å². The zero-order chi connectivity index (χ0) is 28.2. The Morgan fingerprint density at radius 2 is 1.44 bits per heavy atom. The number of rotatable bonds is 3. The van der Waals surface area contributed by atoms with Crippen molar-refractivity contribution in [3.63, 3.8) is 0 Å². The summed E-state index contributed by atoms with van der Waals surface area (Å²) in [4.78, 5) is 3.33. The average Bonchev–Trinajstić information content (AvgIpc) is 2.78. The van der Waals surface area contributed by atoms with E-state index in [1.807, 2.05) is 6.92 Å². The molecule has 0 aliphatic rings. The van der Waals surface area contributed by atoms with Crippen LogP contribution in [0.3, 0.4) is 0 Å². The average molecular weight is 675 g/mol. The molecule has 0 fully saturated rings. The molecule has 0 aliphatic carbocycles. The van der Waals surface area contributed by atoms with Gasteiger partial charge in [0, 0.05) is 22.8 Å². The zero-order valence-electron chi connectivity index (χ0n) is 20.3. The molecule has 2 aromatic heterocycles. The van der Waals surface area contributed by atoms with Crippen molar-refractivity contribution in [3.8, 4) is 11.5 Å². The van der Waals surface area contributed by atoms with E-state index in [2.05, 4.69) is 54.2 Å². The number of nitrogen functional groups attached to an aromatic ring is 1. The number of hydrogen-bond acceptors (Lipinski definition) is 8. The van der Waals surface area contributed by atoms with Crippen LogP contribution >= 0.6 is 44.5 Å². The summed E-state index contributed by atoms with van der Waals surface area (Å²) in [5.41, 5.74) is 2.00. The van der Waals surface area contributed by atoms with Gasteiger partial charge in [0.2, 0.25) is 11.9 Å². The minimum Gasteiger partial charge on any atom is -0.744 e. The van der Waals surface area contributed by atoms with Crippen LogP contribution < -0.4 is 20.0 Å². The predicted molar refractivity (Wildman–Crippen MR) is 143 cm³/mol. The zero-order valence-corrected chi connectivity index (χ0v) is 25.2. The highest BCUT2D eigenvalue weighted by molar-refractivity contribution is 9.10. The largest absolute Gasteiger partial charge is 0.744 e. The number of halogens is 4. The lowest BCUT2D eigenvalue weighted by atomic mass is 10.1. The lowest BCUT2D eigenvalue weighted by Gasteiger charge is -2.14. The summed E-state index contributed by atoms with van der Waals surface area (Å²) in [5, 5.41) is 0. The molecule has 14 heteroatoms. The Balaban J connectivity index is 0.000000497. The lowest BCUT2D eigenvalue weighted by Crippen LogP contribution is -2.48. The van der Waals surface area contributed by atoms with E-state index in [0.717, 1.165) is 10.2 Å². The molecule has 2 heterocycles. The van der Waals surface area contributed by atoms with Gasteiger partial charge in [-0.15, -0.1) is 4.39 Å². The van der Waals surface area contributed by atoms with Crippen LogP contribution in [0, 0.1) is 32.7 Å². The van der Waals surface area contributed by atoms with Gasteiger partial charge < -0.3 is 14.0 Å². The predicted octanol–water partition coefficient (Wildman–Crippen LogP) is 4.65. The number of hydrogen-bond donors (Lipinski definition) is 2. The first-order valence-corrected chi connectivity index (χ1v) is 13.6.